The topological polar surface area (TPSA) is 115 Å². The van der Waals surface area contributed by atoms with E-state index >= 15 is 0 Å². The van der Waals surface area contributed by atoms with Gasteiger partial charge in [-0.05, 0) is 35.2 Å². The van der Waals surface area contributed by atoms with Gasteiger partial charge in [-0.1, -0.05) is 37.3 Å². The number of fused-ring (bicyclic) bond motifs is 1. The third-order valence-electron chi connectivity index (χ3n) is 6.00. The van der Waals surface area contributed by atoms with Crippen LogP contribution < -0.4 is 16.0 Å². The fourth-order valence-electron chi connectivity index (χ4n) is 4.26. The van der Waals surface area contributed by atoms with E-state index in [-0.39, 0.29) is 24.4 Å². The Bertz CT molecular complexity index is 1180. The van der Waals surface area contributed by atoms with Crippen LogP contribution in [0, 0.1) is 11.3 Å². The summed E-state index contributed by atoms with van der Waals surface area (Å²) in [6.45, 7) is 3.49. The smallest absolute Gasteiger partial charge is 0.307 e. The molecular weight excluding hydrogens is 416 g/mol. The molecular formula is C25H28N6O2. The number of hydrogen-bond donors (Lipinski definition) is 4. The molecule has 3 aromatic rings. The normalized spacial score (nSPS) is 16.6. The van der Waals surface area contributed by atoms with Crippen LogP contribution in [0.5, 0.6) is 0 Å². The molecule has 0 fully saturated rings. The molecule has 0 amide bonds. The lowest BCUT2D eigenvalue weighted by Crippen LogP contribution is -2.45. The van der Waals surface area contributed by atoms with E-state index < -0.39 is 5.97 Å². The van der Waals surface area contributed by atoms with Gasteiger partial charge in [-0.3, -0.25) is 9.48 Å². The second-order valence-corrected chi connectivity index (χ2v) is 8.49. The Labute approximate surface area is 193 Å². The Kier molecular flexibility index (Phi) is 6.61. The molecule has 0 unspecified atom stereocenters. The Morgan fingerprint density at radius 3 is 2.88 bits per heavy atom. The van der Waals surface area contributed by atoms with E-state index in [0.29, 0.717) is 18.7 Å². The van der Waals surface area contributed by atoms with Crippen molar-refractivity contribution >= 4 is 17.3 Å². The molecule has 1 aliphatic rings. The number of carbonyl (C=O) groups is 1. The Morgan fingerprint density at radius 1 is 1.33 bits per heavy atom. The van der Waals surface area contributed by atoms with Crippen molar-refractivity contribution in [2.45, 2.75) is 31.3 Å². The van der Waals surface area contributed by atoms with Crippen molar-refractivity contribution in [3.05, 3.63) is 77.1 Å². The number of carboxylic acids is 1. The maximum Gasteiger partial charge on any atom is 0.307 e. The van der Waals surface area contributed by atoms with Crippen molar-refractivity contribution in [2.75, 3.05) is 23.7 Å². The molecule has 4 rings (SSSR count). The number of para-hydroxylation sites is 1. The van der Waals surface area contributed by atoms with Crippen LogP contribution in [0.4, 0.5) is 11.4 Å². The van der Waals surface area contributed by atoms with Gasteiger partial charge < -0.3 is 21.1 Å². The van der Waals surface area contributed by atoms with Gasteiger partial charge in [-0.25, -0.2) is 0 Å². The predicted octanol–water partition coefficient (Wildman–Crippen LogP) is 3.26. The van der Waals surface area contributed by atoms with E-state index in [1.165, 1.54) is 0 Å². The highest BCUT2D eigenvalue weighted by Gasteiger charge is 2.30. The average Bonchev–Trinajstić information content (AvgIpc) is 3.24. The number of nitrogens with zero attached hydrogens (tertiary/aromatic N) is 3. The van der Waals surface area contributed by atoms with Crippen LogP contribution in [-0.4, -0.2) is 40.0 Å². The van der Waals surface area contributed by atoms with Crippen LogP contribution >= 0.6 is 0 Å². The van der Waals surface area contributed by atoms with Crippen LogP contribution in [0.25, 0.3) is 0 Å². The van der Waals surface area contributed by atoms with E-state index in [4.69, 9.17) is 5.11 Å². The molecule has 170 valence electrons. The zero-order valence-corrected chi connectivity index (χ0v) is 18.7. The summed E-state index contributed by atoms with van der Waals surface area (Å²) in [5, 5.41) is 33.9. The van der Waals surface area contributed by atoms with E-state index in [2.05, 4.69) is 34.0 Å². The minimum Gasteiger partial charge on any atom is -0.481 e. The van der Waals surface area contributed by atoms with Crippen molar-refractivity contribution in [3.8, 4) is 6.07 Å². The molecule has 0 saturated heterocycles. The summed E-state index contributed by atoms with van der Waals surface area (Å²) in [5.74, 6) is -0.663. The first kappa shape index (κ1) is 22.4. The molecule has 8 heteroatoms. The number of hydrogen-bond acceptors (Lipinski definition) is 6. The Morgan fingerprint density at radius 2 is 2.15 bits per heavy atom. The van der Waals surface area contributed by atoms with Crippen molar-refractivity contribution < 1.29 is 9.90 Å². The maximum atomic E-state index is 11.1. The van der Waals surface area contributed by atoms with Crippen molar-refractivity contribution in [3.63, 3.8) is 0 Å². The number of aryl methyl sites for hydroxylation is 1. The van der Waals surface area contributed by atoms with Gasteiger partial charge >= 0.3 is 5.97 Å². The molecule has 33 heavy (non-hydrogen) atoms. The van der Waals surface area contributed by atoms with Gasteiger partial charge in [0.2, 0.25) is 0 Å². The summed E-state index contributed by atoms with van der Waals surface area (Å²) in [6.07, 6.45) is 1.94. The molecule has 8 nitrogen and oxygen atoms in total. The molecule has 3 atom stereocenters. The molecule has 0 saturated carbocycles. The second kappa shape index (κ2) is 9.76. The van der Waals surface area contributed by atoms with Crippen LogP contribution in [0.2, 0.25) is 0 Å². The quantitative estimate of drug-likeness (QED) is 0.422. The first-order chi connectivity index (χ1) is 15.9. The van der Waals surface area contributed by atoms with E-state index in [1.54, 1.807) is 4.68 Å². The molecule has 2 heterocycles. The SMILES string of the molecule is C[C@@H](CN[C@H](c1ccn(C)n1)[C@H]1CNc2cccc(C#N)c2N1)c1cccc(CC(=O)O)c1. The molecule has 0 aliphatic carbocycles. The fraction of sp³-hybridized carbons (Fsp3) is 0.320. The summed E-state index contributed by atoms with van der Waals surface area (Å²) >= 11 is 0. The minimum absolute atomic E-state index is 0.0167. The van der Waals surface area contributed by atoms with E-state index in [1.807, 2.05) is 61.8 Å². The molecule has 0 spiro atoms. The van der Waals surface area contributed by atoms with Crippen molar-refractivity contribution in [1.29, 1.82) is 5.26 Å². The number of aromatic nitrogens is 2. The number of carboxylic acid groups (broad SMARTS) is 1. The van der Waals surface area contributed by atoms with Crippen LogP contribution in [-0.2, 0) is 18.3 Å². The van der Waals surface area contributed by atoms with Gasteiger partial charge in [-0.15, -0.1) is 0 Å². The Hall–Kier alpha value is -3.83. The third-order valence-corrected chi connectivity index (χ3v) is 6.00. The molecule has 1 aromatic heterocycles. The summed E-state index contributed by atoms with van der Waals surface area (Å²) < 4.78 is 1.79. The van der Waals surface area contributed by atoms with Gasteiger partial charge in [0.25, 0.3) is 0 Å². The van der Waals surface area contributed by atoms with Crippen molar-refractivity contribution in [1.82, 2.24) is 15.1 Å². The predicted molar refractivity (Wildman–Crippen MR) is 127 cm³/mol. The number of benzene rings is 2. The standard InChI is InChI=1S/C25H28N6O2/c1-16(18-6-3-5-17(11-18)12-23(32)33)14-28-25(21-9-10-31(2)30-21)22-15-27-20-8-4-7-19(13-26)24(20)29-22/h3-11,16,22,25,27-29H,12,14-15H2,1-2H3,(H,32,33)/t16-,22+,25+/m0/s1. The summed E-state index contributed by atoms with van der Waals surface area (Å²) in [7, 11) is 1.90. The molecule has 0 bridgehead atoms. The average molecular weight is 445 g/mol. The highest BCUT2D eigenvalue weighted by Crippen LogP contribution is 2.33. The number of nitriles is 1. The largest absolute Gasteiger partial charge is 0.481 e. The lowest BCUT2D eigenvalue weighted by atomic mass is 9.96. The summed E-state index contributed by atoms with van der Waals surface area (Å²) in [6, 6.07) is 17.6. The van der Waals surface area contributed by atoms with Gasteiger partial charge in [0, 0.05) is 26.3 Å². The number of aliphatic carboxylic acids is 1. The lowest BCUT2D eigenvalue weighted by molar-refractivity contribution is -0.136. The highest BCUT2D eigenvalue weighted by molar-refractivity contribution is 5.77. The van der Waals surface area contributed by atoms with E-state index in [0.717, 1.165) is 28.2 Å². The van der Waals surface area contributed by atoms with Crippen LogP contribution in [0.3, 0.4) is 0 Å². The van der Waals surface area contributed by atoms with Gasteiger partial charge in [-0.2, -0.15) is 10.4 Å². The van der Waals surface area contributed by atoms with E-state index in [9.17, 15) is 10.1 Å². The fourth-order valence-corrected chi connectivity index (χ4v) is 4.26. The highest BCUT2D eigenvalue weighted by atomic mass is 16.4. The van der Waals surface area contributed by atoms with Gasteiger partial charge in [0.15, 0.2) is 0 Å². The lowest BCUT2D eigenvalue weighted by Gasteiger charge is -2.35. The van der Waals surface area contributed by atoms with Crippen LogP contribution in [0.1, 0.15) is 41.3 Å². The van der Waals surface area contributed by atoms with Gasteiger partial charge in [0.05, 0.1) is 41.1 Å². The molecule has 2 aromatic carbocycles. The second-order valence-electron chi connectivity index (χ2n) is 8.49. The summed E-state index contributed by atoms with van der Waals surface area (Å²) in [4.78, 5) is 11.1. The molecule has 1 aliphatic heterocycles. The monoisotopic (exact) mass is 444 g/mol. The molecule has 4 N–H and O–H groups in total. The summed E-state index contributed by atoms with van der Waals surface area (Å²) in [5.41, 5.74) is 5.15. The number of nitrogens with one attached hydrogen (secondary N) is 3. The first-order valence-corrected chi connectivity index (χ1v) is 11.0. The van der Waals surface area contributed by atoms with Crippen molar-refractivity contribution in [2.24, 2.45) is 7.05 Å². The molecule has 0 radical (unpaired) electrons. The number of rotatable bonds is 8. The first-order valence-electron chi connectivity index (χ1n) is 11.0. The third kappa shape index (κ3) is 5.16. The zero-order chi connectivity index (χ0) is 23.4. The zero-order valence-electron chi connectivity index (χ0n) is 18.7. The minimum atomic E-state index is -0.832. The number of anilines is 2. The maximum absolute atomic E-state index is 11.1. The van der Waals surface area contributed by atoms with Gasteiger partial charge in [0.1, 0.15) is 6.07 Å². The Balaban J connectivity index is 1.53. The van der Waals surface area contributed by atoms with Crippen LogP contribution in [0.15, 0.2) is 54.7 Å².